The third kappa shape index (κ3) is 5.04. The molecule has 2 aromatic heterocycles. The monoisotopic (exact) mass is 398 g/mol. The van der Waals surface area contributed by atoms with Gasteiger partial charge in [0, 0.05) is 18.7 Å². The van der Waals surface area contributed by atoms with Crippen molar-refractivity contribution < 1.29 is 9.59 Å². The first-order chi connectivity index (χ1) is 13.6. The van der Waals surface area contributed by atoms with Crippen molar-refractivity contribution in [2.24, 2.45) is 5.92 Å². The fourth-order valence-corrected chi connectivity index (χ4v) is 3.82. The number of allylic oxidation sites excluding steroid dienone is 1. The van der Waals surface area contributed by atoms with Gasteiger partial charge in [0.25, 0.3) is 5.91 Å². The number of rotatable bonds is 7. The van der Waals surface area contributed by atoms with Crippen LogP contribution >= 0.6 is 11.5 Å². The number of hydrogen-bond donors (Lipinski definition) is 2. The maximum Gasteiger partial charge on any atom is 0.265 e. The number of anilines is 1. The number of carbonyl (C=O) groups is 2. The van der Waals surface area contributed by atoms with Gasteiger partial charge in [0.15, 0.2) is 0 Å². The Morgan fingerprint density at radius 2 is 2.11 bits per heavy atom. The van der Waals surface area contributed by atoms with Gasteiger partial charge in [0.2, 0.25) is 5.91 Å². The Hall–Kier alpha value is -2.54. The number of aromatic nitrogens is 2. The van der Waals surface area contributed by atoms with E-state index in [1.807, 2.05) is 32.0 Å². The van der Waals surface area contributed by atoms with Gasteiger partial charge in [-0.15, -0.1) is 0 Å². The fourth-order valence-electron chi connectivity index (χ4n) is 3.05. The second-order valence-corrected chi connectivity index (χ2v) is 7.98. The van der Waals surface area contributed by atoms with Gasteiger partial charge < -0.3 is 10.6 Å². The molecule has 0 unspecified atom stereocenters. The van der Waals surface area contributed by atoms with E-state index in [0.29, 0.717) is 28.5 Å². The van der Waals surface area contributed by atoms with Gasteiger partial charge in [-0.3, -0.25) is 14.6 Å². The summed E-state index contributed by atoms with van der Waals surface area (Å²) in [6, 6.07) is 5.49. The molecule has 2 heterocycles. The Bertz CT molecular complexity index is 859. The number of nitrogens with zero attached hydrogens (tertiary/aromatic N) is 2. The van der Waals surface area contributed by atoms with Gasteiger partial charge in [-0.25, -0.2) is 0 Å². The molecule has 3 rings (SSSR count). The summed E-state index contributed by atoms with van der Waals surface area (Å²) < 4.78 is 4.41. The average Bonchev–Trinajstić information content (AvgIpc) is 3.13. The standard InChI is InChI=1S/C21H26N4O2S/c1-14(2)20(26)24-18-17(16-10-6-7-12-22-16)25-28-19(18)21(27)23-13-11-15-8-4-3-5-9-15/h6-8,10,12,14H,3-5,9,11,13H2,1-2H3,(H,23,27)(H,24,26). The van der Waals surface area contributed by atoms with E-state index in [4.69, 9.17) is 0 Å². The van der Waals surface area contributed by atoms with E-state index in [-0.39, 0.29) is 17.7 Å². The summed E-state index contributed by atoms with van der Waals surface area (Å²) in [5.74, 6) is -0.570. The third-order valence-corrected chi connectivity index (χ3v) is 5.54. The predicted octanol–water partition coefficient (Wildman–Crippen LogP) is 4.42. The lowest BCUT2D eigenvalue weighted by Crippen LogP contribution is -2.26. The van der Waals surface area contributed by atoms with Crippen molar-refractivity contribution in [3.63, 3.8) is 0 Å². The number of carbonyl (C=O) groups excluding carboxylic acids is 2. The zero-order valence-electron chi connectivity index (χ0n) is 16.3. The van der Waals surface area contributed by atoms with Crippen molar-refractivity contribution in [2.75, 3.05) is 11.9 Å². The zero-order valence-corrected chi connectivity index (χ0v) is 17.1. The molecule has 0 saturated heterocycles. The Labute approximate surface area is 169 Å². The van der Waals surface area contributed by atoms with E-state index >= 15 is 0 Å². The molecule has 2 N–H and O–H groups in total. The molecule has 7 heteroatoms. The van der Waals surface area contributed by atoms with Crippen LogP contribution in [0, 0.1) is 5.92 Å². The quantitative estimate of drug-likeness (QED) is 0.676. The van der Waals surface area contributed by atoms with Crippen molar-refractivity contribution in [3.8, 4) is 11.4 Å². The maximum atomic E-state index is 12.8. The molecule has 0 radical (unpaired) electrons. The summed E-state index contributed by atoms with van der Waals surface area (Å²) >= 11 is 1.09. The Balaban J connectivity index is 1.77. The lowest BCUT2D eigenvalue weighted by Gasteiger charge is -2.13. The second kappa shape index (κ2) is 9.59. The van der Waals surface area contributed by atoms with Crippen molar-refractivity contribution in [3.05, 3.63) is 40.9 Å². The smallest absolute Gasteiger partial charge is 0.265 e. The first-order valence-electron chi connectivity index (χ1n) is 9.74. The summed E-state index contributed by atoms with van der Waals surface area (Å²) in [5.41, 5.74) is 3.01. The molecule has 0 aromatic carbocycles. The highest BCUT2D eigenvalue weighted by atomic mass is 32.1. The minimum absolute atomic E-state index is 0.154. The molecule has 0 bridgehead atoms. The lowest BCUT2D eigenvalue weighted by molar-refractivity contribution is -0.118. The molecular formula is C21H26N4O2S. The van der Waals surface area contributed by atoms with E-state index in [1.165, 1.54) is 18.4 Å². The van der Waals surface area contributed by atoms with Crippen LogP contribution in [0.5, 0.6) is 0 Å². The van der Waals surface area contributed by atoms with E-state index in [9.17, 15) is 9.59 Å². The summed E-state index contributed by atoms with van der Waals surface area (Å²) in [5, 5.41) is 5.85. The largest absolute Gasteiger partial charge is 0.351 e. The Morgan fingerprint density at radius 1 is 1.25 bits per heavy atom. The minimum atomic E-state index is -0.213. The molecule has 6 nitrogen and oxygen atoms in total. The van der Waals surface area contributed by atoms with Crippen LogP contribution in [0.15, 0.2) is 36.0 Å². The first kappa shape index (κ1) is 20.2. The fraction of sp³-hybridized carbons (Fsp3) is 0.429. The molecule has 1 aliphatic carbocycles. The van der Waals surface area contributed by atoms with E-state index < -0.39 is 0 Å². The topological polar surface area (TPSA) is 84.0 Å². The number of amides is 2. The zero-order chi connectivity index (χ0) is 19.9. The van der Waals surface area contributed by atoms with E-state index in [2.05, 4.69) is 26.1 Å². The normalized spacial score (nSPS) is 13.9. The molecule has 28 heavy (non-hydrogen) atoms. The van der Waals surface area contributed by atoms with Gasteiger partial charge >= 0.3 is 0 Å². The van der Waals surface area contributed by atoms with Crippen LogP contribution in [0.2, 0.25) is 0 Å². The molecule has 0 spiro atoms. The predicted molar refractivity (Wildman–Crippen MR) is 112 cm³/mol. The summed E-state index contributed by atoms with van der Waals surface area (Å²) in [6.45, 7) is 4.21. The lowest BCUT2D eigenvalue weighted by atomic mass is 9.97. The van der Waals surface area contributed by atoms with Crippen molar-refractivity contribution >= 4 is 29.0 Å². The molecule has 2 aromatic rings. The van der Waals surface area contributed by atoms with Gasteiger partial charge in [-0.2, -0.15) is 4.37 Å². The van der Waals surface area contributed by atoms with Crippen LogP contribution in [-0.2, 0) is 4.79 Å². The molecular weight excluding hydrogens is 372 g/mol. The van der Waals surface area contributed by atoms with Crippen LogP contribution < -0.4 is 10.6 Å². The Kier molecular flexibility index (Phi) is 6.92. The SMILES string of the molecule is CC(C)C(=O)Nc1c(-c2ccccn2)nsc1C(=O)NCCC1=CCCCC1. The molecule has 1 aliphatic rings. The van der Waals surface area contributed by atoms with E-state index in [1.54, 1.807) is 6.20 Å². The van der Waals surface area contributed by atoms with Crippen LogP contribution in [0.1, 0.15) is 55.6 Å². The molecule has 0 fully saturated rings. The van der Waals surface area contributed by atoms with Crippen molar-refractivity contribution in [2.45, 2.75) is 46.0 Å². The van der Waals surface area contributed by atoms with Crippen LogP contribution in [0.3, 0.4) is 0 Å². The molecule has 148 valence electrons. The van der Waals surface area contributed by atoms with Gasteiger partial charge in [0.05, 0.1) is 11.4 Å². The first-order valence-corrected chi connectivity index (χ1v) is 10.5. The minimum Gasteiger partial charge on any atom is -0.351 e. The average molecular weight is 399 g/mol. The second-order valence-electron chi connectivity index (χ2n) is 7.21. The van der Waals surface area contributed by atoms with Crippen LogP contribution in [0.4, 0.5) is 5.69 Å². The molecule has 2 amide bonds. The molecule has 0 atom stereocenters. The highest BCUT2D eigenvalue weighted by molar-refractivity contribution is 7.09. The van der Waals surface area contributed by atoms with Crippen molar-refractivity contribution in [1.82, 2.24) is 14.7 Å². The summed E-state index contributed by atoms with van der Waals surface area (Å²) in [7, 11) is 0. The Morgan fingerprint density at radius 3 is 2.79 bits per heavy atom. The van der Waals surface area contributed by atoms with Gasteiger partial charge in [-0.1, -0.05) is 31.6 Å². The van der Waals surface area contributed by atoms with E-state index in [0.717, 1.165) is 30.8 Å². The van der Waals surface area contributed by atoms with Crippen molar-refractivity contribution in [1.29, 1.82) is 0 Å². The molecule has 0 aliphatic heterocycles. The van der Waals surface area contributed by atoms with Crippen LogP contribution in [-0.4, -0.2) is 27.7 Å². The van der Waals surface area contributed by atoms with Crippen LogP contribution in [0.25, 0.3) is 11.4 Å². The number of nitrogens with one attached hydrogen (secondary N) is 2. The summed E-state index contributed by atoms with van der Waals surface area (Å²) in [4.78, 5) is 29.8. The summed E-state index contributed by atoms with van der Waals surface area (Å²) in [6.07, 6.45) is 9.56. The molecule has 0 saturated carbocycles. The maximum absolute atomic E-state index is 12.8. The van der Waals surface area contributed by atoms with Gasteiger partial charge in [0.1, 0.15) is 10.6 Å². The highest BCUT2D eigenvalue weighted by Gasteiger charge is 2.24. The highest BCUT2D eigenvalue weighted by Crippen LogP contribution is 2.32. The number of pyridine rings is 1. The third-order valence-electron chi connectivity index (χ3n) is 4.70. The number of hydrogen-bond acceptors (Lipinski definition) is 5. The van der Waals surface area contributed by atoms with Gasteiger partial charge in [-0.05, 0) is 55.8 Å².